The van der Waals surface area contributed by atoms with Crippen LogP contribution in [0.5, 0.6) is 0 Å². The SMILES string of the molecule is C=CCC(OCc1ccccc1)C1CC2C=CC1N(C(=O)c1ccccc1)C2C. The molecule has 1 aliphatic carbocycles. The van der Waals surface area contributed by atoms with Gasteiger partial charge in [-0.2, -0.15) is 0 Å². The zero-order chi connectivity index (χ0) is 20.2. The molecule has 0 radical (unpaired) electrons. The number of ether oxygens (including phenoxy) is 1. The highest BCUT2D eigenvalue weighted by molar-refractivity contribution is 5.95. The lowest BCUT2D eigenvalue weighted by atomic mass is 9.70. The van der Waals surface area contributed by atoms with Crippen LogP contribution in [0, 0.1) is 11.8 Å². The number of rotatable bonds is 7. The molecule has 5 atom stereocenters. The monoisotopic (exact) mass is 387 g/mol. The van der Waals surface area contributed by atoms with E-state index in [1.54, 1.807) is 0 Å². The Kier molecular flexibility index (Phi) is 5.96. The molecule has 2 bridgehead atoms. The van der Waals surface area contributed by atoms with Crippen molar-refractivity contribution in [2.45, 2.75) is 44.6 Å². The summed E-state index contributed by atoms with van der Waals surface area (Å²) in [5.74, 6) is 0.753. The number of carbonyl (C=O) groups is 1. The molecule has 29 heavy (non-hydrogen) atoms. The molecule has 150 valence electrons. The molecule has 1 fully saturated rings. The van der Waals surface area contributed by atoms with Gasteiger partial charge in [0.05, 0.1) is 18.8 Å². The summed E-state index contributed by atoms with van der Waals surface area (Å²) in [6, 6.07) is 20.1. The van der Waals surface area contributed by atoms with E-state index < -0.39 is 0 Å². The predicted molar refractivity (Wildman–Crippen MR) is 116 cm³/mol. The van der Waals surface area contributed by atoms with Crippen LogP contribution in [0.15, 0.2) is 85.5 Å². The quantitative estimate of drug-likeness (QED) is 0.607. The zero-order valence-electron chi connectivity index (χ0n) is 17.0. The molecule has 1 amide bonds. The molecule has 0 spiro atoms. The maximum absolute atomic E-state index is 13.3. The molecule has 2 aromatic rings. The Labute approximate surface area is 173 Å². The fraction of sp³-hybridized carbons (Fsp3) is 0.346. The lowest BCUT2D eigenvalue weighted by Gasteiger charge is -2.52. The third-order valence-electron chi connectivity index (χ3n) is 6.36. The first kappa shape index (κ1) is 19.7. The molecular weight excluding hydrogens is 358 g/mol. The van der Waals surface area contributed by atoms with E-state index >= 15 is 0 Å². The number of hydrogen-bond acceptors (Lipinski definition) is 2. The van der Waals surface area contributed by atoms with Gasteiger partial charge in [0.25, 0.3) is 5.91 Å². The molecule has 0 N–H and O–H groups in total. The van der Waals surface area contributed by atoms with Crippen molar-refractivity contribution in [2.75, 3.05) is 0 Å². The Morgan fingerprint density at radius 3 is 2.52 bits per heavy atom. The lowest BCUT2D eigenvalue weighted by Crippen LogP contribution is -2.60. The first-order valence-corrected chi connectivity index (χ1v) is 10.5. The highest BCUT2D eigenvalue weighted by Crippen LogP contribution is 2.42. The molecule has 5 unspecified atom stereocenters. The van der Waals surface area contributed by atoms with E-state index in [4.69, 9.17) is 4.74 Å². The highest BCUT2D eigenvalue weighted by Gasteiger charge is 2.47. The van der Waals surface area contributed by atoms with Gasteiger partial charge < -0.3 is 9.64 Å². The minimum Gasteiger partial charge on any atom is -0.373 e. The fourth-order valence-electron chi connectivity index (χ4n) is 4.80. The Bertz CT molecular complexity index is 861. The van der Waals surface area contributed by atoms with Gasteiger partial charge in [0.15, 0.2) is 0 Å². The van der Waals surface area contributed by atoms with Crippen LogP contribution in [0.3, 0.4) is 0 Å². The third-order valence-corrected chi connectivity index (χ3v) is 6.36. The largest absolute Gasteiger partial charge is 0.373 e. The fourth-order valence-corrected chi connectivity index (χ4v) is 4.80. The Morgan fingerprint density at radius 1 is 1.14 bits per heavy atom. The Morgan fingerprint density at radius 2 is 1.83 bits per heavy atom. The van der Waals surface area contributed by atoms with Gasteiger partial charge in [0.1, 0.15) is 0 Å². The van der Waals surface area contributed by atoms with Crippen LogP contribution in [0.2, 0.25) is 0 Å². The summed E-state index contributed by atoms with van der Waals surface area (Å²) in [6.45, 7) is 6.71. The van der Waals surface area contributed by atoms with Crippen molar-refractivity contribution in [3.8, 4) is 0 Å². The highest BCUT2D eigenvalue weighted by atomic mass is 16.5. The summed E-state index contributed by atoms with van der Waals surface area (Å²) >= 11 is 0. The average Bonchev–Trinajstić information content (AvgIpc) is 2.78. The minimum atomic E-state index is 0.0451. The van der Waals surface area contributed by atoms with E-state index in [0.29, 0.717) is 12.5 Å². The van der Waals surface area contributed by atoms with Gasteiger partial charge >= 0.3 is 0 Å². The number of benzene rings is 2. The molecule has 3 aliphatic rings. The minimum absolute atomic E-state index is 0.0451. The normalized spacial score (nSPS) is 26.3. The van der Waals surface area contributed by atoms with E-state index in [2.05, 4.69) is 42.7 Å². The summed E-state index contributed by atoms with van der Waals surface area (Å²) in [4.78, 5) is 15.4. The van der Waals surface area contributed by atoms with Gasteiger partial charge in [-0.05, 0) is 43.4 Å². The second-order valence-electron chi connectivity index (χ2n) is 8.12. The Balaban J connectivity index is 1.55. The molecule has 2 aromatic carbocycles. The van der Waals surface area contributed by atoms with Gasteiger partial charge in [-0.1, -0.05) is 66.8 Å². The van der Waals surface area contributed by atoms with Crippen molar-refractivity contribution in [3.05, 3.63) is 96.6 Å². The van der Waals surface area contributed by atoms with Crippen LogP contribution in [0.1, 0.15) is 35.7 Å². The first-order chi connectivity index (χ1) is 14.2. The lowest BCUT2D eigenvalue weighted by molar-refractivity contribution is -0.0558. The van der Waals surface area contributed by atoms with Gasteiger partial charge in [-0.3, -0.25) is 4.79 Å². The summed E-state index contributed by atoms with van der Waals surface area (Å²) in [6.07, 6.45) is 8.34. The summed E-state index contributed by atoms with van der Waals surface area (Å²) in [5.41, 5.74) is 1.92. The van der Waals surface area contributed by atoms with Crippen molar-refractivity contribution in [1.29, 1.82) is 0 Å². The summed E-state index contributed by atoms with van der Waals surface area (Å²) in [5, 5.41) is 0. The maximum Gasteiger partial charge on any atom is 0.254 e. The molecule has 1 saturated heterocycles. The van der Waals surface area contributed by atoms with Crippen LogP contribution >= 0.6 is 0 Å². The van der Waals surface area contributed by atoms with Crippen LogP contribution in [0.25, 0.3) is 0 Å². The van der Waals surface area contributed by atoms with E-state index in [9.17, 15) is 4.79 Å². The van der Waals surface area contributed by atoms with Crippen molar-refractivity contribution < 1.29 is 9.53 Å². The second-order valence-corrected chi connectivity index (χ2v) is 8.12. The number of hydrogen-bond donors (Lipinski definition) is 0. The van der Waals surface area contributed by atoms with E-state index in [1.807, 2.05) is 54.6 Å². The number of piperidine rings is 1. The van der Waals surface area contributed by atoms with E-state index in [1.165, 1.54) is 5.56 Å². The number of nitrogens with zero attached hydrogens (tertiary/aromatic N) is 1. The molecule has 3 nitrogen and oxygen atoms in total. The van der Waals surface area contributed by atoms with Crippen LogP contribution in [0.4, 0.5) is 0 Å². The second kappa shape index (κ2) is 8.79. The third kappa shape index (κ3) is 4.06. The van der Waals surface area contributed by atoms with E-state index in [-0.39, 0.29) is 30.0 Å². The van der Waals surface area contributed by atoms with Gasteiger partial charge in [0, 0.05) is 17.5 Å². The summed E-state index contributed by atoms with van der Waals surface area (Å²) < 4.78 is 6.39. The van der Waals surface area contributed by atoms with Crippen LogP contribution in [-0.2, 0) is 11.3 Å². The van der Waals surface area contributed by atoms with Gasteiger partial charge in [-0.15, -0.1) is 6.58 Å². The molecule has 3 heteroatoms. The topological polar surface area (TPSA) is 29.5 Å². The predicted octanol–water partition coefficient (Wildman–Crippen LogP) is 5.25. The van der Waals surface area contributed by atoms with Crippen molar-refractivity contribution in [1.82, 2.24) is 4.90 Å². The molecular formula is C26H29NO2. The standard InChI is InChI=1S/C26H29NO2/c1-3-10-25(29-18-20-11-6-4-7-12-20)23-17-22-15-16-24(23)27(19(22)2)26(28)21-13-8-5-9-14-21/h3-9,11-16,19,22-25H,1,10,17-18H2,2H3. The summed E-state index contributed by atoms with van der Waals surface area (Å²) in [7, 11) is 0. The number of fused-ring (bicyclic) bond motifs is 2. The first-order valence-electron chi connectivity index (χ1n) is 10.5. The molecule has 5 rings (SSSR count). The number of amides is 1. The van der Waals surface area contributed by atoms with Crippen LogP contribution < -0.4 is 0 Å². The maximum atomic E-state index is 13.3. The van der Waals surface area contributed by atoms with Gasteiger partial charge in [0.2, 0.25) is 0 Å². The average molecular weight is 388 g/mol. The molecule has 0 saturated carbocycles. The van der Waals surface area contributed by atoms with Crippen molar-refractivity contribution >= 4 is 5.91 Å². The molecule has 2 aliphatic heterocycles. The van der Waals surface area contributed by atoms with Crippen LogP contribution in [-0.4, -0.2) is 29.0 Å². The van der Waals surface area contributed by atoms with E-state index in [0.717, 1.165) is 18.4 Å². The molecule has 2 heterocycles. The Hall–Kier alpha value is -2.65. The smallest absolute Gasteiger partial charge is 0.254 e. The van der Waals surface area contributed by atoms with Gasteiger partial charge in [-0.25, -0.2) is 0 Å². The zero-order valence-corrected chi connectivity index (χ0v) is 17.0. The van der Waals surface area contributed by atoms with Crippen molar-refractivity contribution in [3.63, 3.8) is 0 Å². The molecule has 0 aromatic heterocycles. The number of carbonyl (C=O) groups excluding carboxylic acids is 1. The van der Waals surface area contributed by atoms with Crippen molar-refractivity contribution in [2.24, 2.45) is 11.8 Å².